The van der Waals surface area contributed by atoms with Crippen LogP contribution in [0.4, 0.5) is 10.1 Å². The molecule has 6 heteroatoms. The highest BCUT2D eigenvalue weighted by Crippen LogP contribution is 2.22. The van der Waals surface area contributed by atoms with Crippen LogP contribution in [0, 0.1) is 12.7 Å². The van der Waals surface area contributed by atoms with Crippen LogP contribution in [-0.2, 0) is 10.0 Å². The topological polar surface area (TPSA) is 46.2 Å². The first kappa shape index (κ1) is 13.8. The van der Waals surface area contributed by atoms with Crippen molar-refractivity contribution in [2.24, 2.45) is 0 Å². The fourth-order valence-electron chi connectivity index (χ4n) is 1.63. The third-order valence-electron chi connectivity index (χ3n) is 2.55. The van der Waals surface area contributed by atoms with Crippen molar-refractivity contribution in [3.05, 3.63) is 58.9 Å². The van der Waals surface area contributed by atoms with Crippen molar-refractivity contribution in [2.45, 2.75) is 11.8 Å². The number of anilines is 1. The summed E-state index contributed by atoms with van der Waals surface area (Å²) in [6.45, 7) is 1.69. The molecule has 0 radical (unpaired) electrons. The molecule has 1 N–H and O–H groups in total. The Morgan fingerprint density at radius 2 is 1.84 bits per heavy atom. The summed E-state index contributed by atoms with van der Waals surface area (Å²) in [4.78, 5) is 0.158. The van der Waals surface area contributed by atoms with Gasteiger partial charge in [0.05, 0.1) is 15.6 Å². The summed E-state index contributed by atoms with van der Waals surface area (Å²) < 4.78 is 39.9. The molecule has 2 rings (SSSR count). The zero-order valence-electron chi connectivity index (χ0n) is 10.0. The van der Waals surface area contributed by atoms with Crippen LogP contribution in [-0.4, -0.2) is 8.42 Å². The lowest BCUT2D eigenvalue weighted by molar-refractivity contribution is 0.600. The molecule has 0 saturated heterocycles. The number of hydrogen-bond acceptors (Lipinski definition) is 2. The Kier molecular flexibility index (Phi) is 3.78. The van der Waals surface area contributed by atoms with Crippen LogP contribution in [0.5, 0.6) is 0 Å². The minimum Gasteiger partial charge on any atom is -0.280 e. The number of hydrogen-bond donors (Lipinski definition) is 1. The van der Waals surface area contributed by atoms with E-state index in [0.29, 0.717) is 5.56 Å². The summed E-state index contributed by atoms with van der Waals surface area (Å²) in [5.41, 5.74) is 0.745. The molecule has 0 bridgehead atoms. The highest BCUT2D eigenvalue weighted by atomic mass is 35.5. The van der Waals surface area contributed by atoms with Gasteiger partial charge >= 0.3 is 0 Å². The van der Waals surface area contributed by atoms with Crippen LogP contribution >= 0.6 is 11.6 Å². The fourth-order valence-corrected chi connectivity index (χ4v) is 3.04. The SMILES string of the molecule is Cc1ccccc1S(=O)(=O)Nc1ccc(Cl)c(F)c1. The summed E-state index contributed by atoms with van der Waals surface area (Å²) in [6, 6.07) is 10.3. The predicted molar refractivity (Wildman–Crippen MR) is 73.4 cm³/mol. The molecule has 0 fully saturated rings. The maximum absolute atomic E-state index is 13.3. The summed E-state index contributed by atoms with van der Waals surface area (Å²) in [5.74, 6) is -0.674. The van der Waals surface area contributed by atoms with Gasteiger partial charge < -0.3 is 0 Å². The number of benzene rings is 2. The number of sulfonamides is 1. The fraction of sp³-hybridized carbons (Fsp3) is 0.0769. The third-order valence-corrected chi connectivity index (χ3v) is 4.40. The molecule has 0 aliphatic rings. The molecular weight excluding hydrogens is 289 g/mol. The molecule has 2 aromatic carbocycles. The Morgan fingerprint density at radius 1 is 1.16 bits per heavy atom. The van der Waals surface area contributed by atoms with E-state index in [2.05, 4.69) is 4.72 Å². The van der Waals surface area contributed by atoms with E-state index in [0.717, 1.165) is 6.07 Å². The Balaban J connectivity index is 2.37. The van der Waals surface area contributed by atoms with Crippen molar-refractivity contribution in [1.82, 2.24) is 0 Å². The van der Waals surface area contributed by atoms with Gasteiger partial charge in [-0.15, -0.1) is 0 Å². The van der Waals surface area contributed by atoms with Crippen LogP contribution < -0.4 is 4.72 Å². The highest BCUT2D eigenvalue weighted by Gasteiger charge is 2.16. The minimum atomic E-state index is -3.73. The molecule has 0 heterocycles. The molecule has 0 aliphatic heterocycles. The second-order valence-electron chi connectivity index (χ2n) is 4.00. The third kappa shape index (κ3) is 3.05. The van der Waals surface area contributed by atoms with Crippen molar-refractivity contribution in [3.8, 4) is 0 Å². The van der Waals surface area contributed by atoms with Gasteiger partial charge in [0.25, 0.3) is 10.0 Å². The van der Waals surface area contributed by atoms with Crippen LogP contribution in [0.25, 0.3) is 0 Å². The molecule has 0 aromatic heterocycles. The van der Waals surface area contributed by atoms with Crippen molar-refractivity contribution < 1.29 is 12.8 Å². The molecule has 2 aromatic rings. The van der Waals surface area contributed by atoms with E-state index in [1.165, 1.54) is 18.2 Å². The molecule has 0 aliphatic carbocycles. The summed E-state index contributed by atoms with van der Waals surface area (Å²) >= 11 is 5.54. The predicted octanol–water partition coefficient (Wildman–Crippen LogP) is 3.59. The van der Waals surface area contributed by atoms with E-state index >= 15 is 0 Å². The first-order valence-electron chi connectivity index (χ1n) is 5.43. The van der Waals surface area contributed by atoms with Gasteiger partial charge in [-0.1, -0.05) is 29.8 Å². The zero-order chi connectivity index (χ0) is 14.0. The van der Waals surface area contributed by atoms with E-state index in [1.54, 1.807) is 25.1 Å². The smallest absolute Gasteiger partial charge is 0.262 e. The summed E-state index contributed by atoms with van der Waals surface area (Å²) in [5, 5.41) is -0.0566. The number of nitrogens with one attached hydrogen (secondary N) is 1. The van der Waals surface area contributed by atoms with Crippen LogP contribution in [0.1, 0.15) is 5.56 Å². The largest absolute Gasteiger partial charge is 0.280 e. The van der Waals surface area contributed by atoms with Crippen LogP contribution in [0.2, 0.25) is 5.02 Å². The molecule has 0 atom stereocenters. The van der Waals surface area contributed by atoms with E-state index in [-0.39, 0.29) is 15.6 Å². The molecule has 19 heavy (non-hydrogen) atoms. The minimum absolute atomic E-state index is 0.0566. The van der Waals surface area contributed by atoms with Crippen molar-refractivity contribution in [2.75, 3.05) is 4.72 Å². The van der Waals surface area contributed by atoms with E-state index in [9.17, 15) is 12.8 Å². The molecule has 100 valence electrons. The lowest BCUT2D eigenvalue weighted by Crippen LogP contribution is -2.14. The van der Waals surface area contributed by atoms with E-state index < -0.39 is 15.8 Å². The Labute approximate surface area is 116 Å². The number of halogens is 2. The average molecular weight is 300 g/mol. The number of aryl methyl sites for hydroxylation is 1. The van der Waals surface area contributed by atoms with E-state index in [1.807, 2.05) is 0 Å². The van der Waals surface area contributed by atoms with Crippen molar-refractivity contribution in [3.63, 3.8) is 0 Å². The zero-order valence-corrected chi connectivity index (χ0v) is 11.6. The van der Waals surface area contributed by atoms with Crippen molar-refractivity contribution >= 4 is 27.3 Å². The maximum Gasteiger partial charge on any atom is 0.262 e. The lowest BCUT2D eigenvalue weighted by atomic mass is 10.2. The highest BCUT2D eigenvalue weighted by molar-refractivity contribution is 7.92. The van der Waals surface area contributed by atoms with Gasteiger partial charge in [-0.05, 0) is 36.8 Å². The van der Waals surface area contributed by atoms with Gasteiger partial charge in [-0.25, -0.2) is 12.8 Å². The van der Waals surface area contributed by atoms with E-state index in [4.69, 9.17) is 11.6 Å². The first-order chi connectivity index (χ1) is 8.90. The first-order valence-corrected chi connectivity index (χ1v) is 7.30. The van der Waals surface area contributed by atoms with Crippen LogP contribution in [0.3, 0.4) is 0 Å². The quantitative estimate of drug-likeness (QED) is 0.941. The van der Waals surface area contributed by atoms with Gasteiger partial charge in [0.2, 0.25) is 0 Å². The molecule has 3 nitrogen and oxygen atoms in total. The Hall–Kier alpha value is -1.59. The second kappa shape index (κ2) is 5.19. The average Bonchev–Trinajstić information content (AvgIpc) is 2.34. The standard InChI is InChI=1S/C13H11ClFNO2S/c1-9-4-2-3-5-13(9)19(17,18)16-10-6-7-11(14)12(15)8-10/h2-8,16H,1H3. The number of rotatable bonds is 3. The van der Waals surface area contributed by atoms with Crippen molar-refractivity contribution in [1.29, 1.82) is 0 Å². The Bertz CT molecular complexity index is 716. The molecule has 0 saturated carbocycles. The molecular formula is C13H11ClFNO2S. The summed E-state index contributed by atoms with van der Waals surface area (Å²) in [6.07, 6.45) is 0. The van der Waals surface area contributed by atoms with Crippen LogP contribution in [0.15, 0.2) is 47.4 Å². The Morgan fingerprint density at radius 3 is 2.47 bits per heavy atom. The molecule has 0 amide bonds. The van der Waals surface area contributed by atoms with Gasteiger partial charge in [-0.2, -0.15) is 0 Å². The van der Waals surface area contributed by atoms with Gasteiger partial charge in [-0.3, -0.25) is 4.72 Å². The van der Waals surface area contributed by atoms with Gasteiger partial charge in [0.15, 0.2) is 0 Å². The molecule has 0 spiro atoms. The second-order valence-corrected chi connectivity index (χ2v) is 6.06. The molecule has 0 unspecified atom stereocenters. The summed E-state index contributed by atoms with van der Waals surface area (Å²) in [7, 11) is -3.73. The van der Waals surface area contributed by atoms with Gasteiger partial charge in [0, 0.05) is 0 Å². The normalized spacial score (nSPS) is 11.3. The maximum atomic E-state index is 13.3. The lowest BCUT2D eigenvalue weighted by Gasteiger charge is -2.10. The van der Waals surface area contributed by atoms with Gasteiger partial charge in [0.1, 0.15) is 5.82 Å². The monoisotopic (exact) mass is 299 g/mol.